The average Bonchev–Trinajstić information content (AvgIpc) is 3.06. The van der Waals surface area contributed by atoms with Crippen LogP contribution in [-0.2, 0) is 22.4 Å². The van der Waals surface area contributed by atoms with Gasteiger partial charge in [-0.1, -0.05) is 61.0 Å². The number of hydrogen-bond acceptors (Lipinski definition) is 9. The number of fused-ring (bicyclic) bond motifs is 1. The van der Waals surface area contributed by atoms with Crippen molar-refractivity contribution in [2.75, 3.05) is 40.5 Å². The number of anilines is 5. The van der Waals surface area contributed by atoms with Gasteiger partial charge in [-0.15, -0.1) is 0 Å². The molecule has 0 radical (unpaired) electrons. The van der Waals surface area contributed by atoms with Crippen molar-refractivity contribution < 1.29 is 19.4 Å². The standard InChI is InChI=1S/C34H38ClN7O4/c1-3-23-13-15-24(16-14-23)8-6-18-36-32-39-33(37-19-7-11-30(43)44)41-34(40-32)42-21-29(46-28-10-5-4-9-27(28)42)31(45)38-25-17-12-22(2)26(35)20-25/h4-5,9-10,12-17,20,29H,3,6-8,11,18-19,21H2,1-2H3,(H,38,45)(H,43,44)(H2,36,37,39,40,41). The van der Waals surface area contributed by atoms with Crippen molar-refractivity contribution in [3.8, 4) is 5.75 Å². The van der Waals surface area contributed by atoms with E-state index in [1.807, 2.05) is 36.1 Å². The number of aromatic nitrogens is 3. The molecule has 0 aliphatic carbocycles. The van der Waals surface area contributed by atoms with Crippen molar-refractivity contribution in [3.05, 3.63) is 88.4 Å². The third-order valence-corrected chi connectivity index (χ3v) is 7.98. The molecule has 0 saturated carbocycles. The van der Waals surface area contributed by atoms with Crippen molar-refractivity contribution in [2.24, 2.45) is 0 Å². The Bertz CT molecular complexity index is 1670. The first kappa shape index (κ1) is 32.5. The fraction of sp³-hybridized carbons (Fsp3) is 0.324. The fourth-order valence-electron chi connectivity index (χ4n) is 4.97. The van der Waals surface area contributed by atoms with E-state index in [4.69, 9.17) is 26.4 Å². The minimum Gasteiger partial charge on any atom is -0.481 e. The Kier molecular flexibility index (Phi) is 10.9. The lowest BCUT2D eigenvalue weighted by Crippen LogP contribution is -2.45. The summed E-state index contributed by atoms with van der Waals surface area (Å²) in [5.41, 5.74) is 4.75. The molecule has 12 heteroatoms. The van der Waals surface area contributed by atoms with Crippen LogP contribution >= 0.6 is 11.6 Å². The summed E-state index contributed by atoms with van der Waals surface area (Å²) in [5, 5.41) is 19.0. The number of para-hydroxylation sites is 2. The lowest BCUT2D eigenvalue weighted by atomic mass is 10.1. The molecule has 1 aliphatic heterocycles. The second-order valence-electron chi connectivity index (χ2n) is 11.0. The number of aliphatic carboxylic acids is 1. The summed E-state index contributed by atoms with van der Waals surface area (Å²) in [6.07, 6.45) is 2.32. The SMILES string of the molecule is CCc1ccc(CCCNc2nc(NCCCC(=O)O)nc(N3CC(C(=O)Nc4ccc(C)c(Cl)c4)Oc4ccccc43)n2)cc1. The van der Waals surface area contributed by atoms with E-state index in [0.717, 1.165) is 24.8 Å². The minimum absolute atomic E-state index is 0.0229. The fourth-order valence-corrected chi connectivity index (χ4v) is 5.15. The summed E-state index contributed by atoms with van der Waals surface area (Å²) in [5.74, 6) is 0.285. The lowest BCUT2D eigenvalue weighted by molar-refractivity contribution is -0.137. The number of ether oxygens (including phenoxy) is 1. The Balaban J connectivity index is 1.35. The van der Waals surface area contributed by atoms with Gasteiger partial charge in [0.15, 0.2) is 6.10 Å². The largest absolute Gasteiger partial charge is 0.481 e. The van der Waals surface area contributed by atoms with E-state index >= 15 is 0 Å². The van der Waals surface area contributed by atoms with Crippen LogP contribution in [0.4, 0.5) is 29.2 Å². The third-order valence-electron chi connectivity index (χ3n) is 7.58. The van der Waals surface area contributed by atoms with Gasteiger partial charge >= 0.3 is 5.97 Å². The zero-order valence-corrected chi connectivity index (χ0v) is 26.7. The van der Waals surface area contributed by atoms with E-state index in [1.165, 1.54) is 11.1 Å². The molecule has 0 bridgehead atoms. The molecule has 0 fully saturated rings. The number of nitrogens with zero attached hydrogens (tertiary/aromatic N) is 4. The highest BCUT2D eigenvalue weighted by Gasteiger charge is 2.33. The summed E-state index contributed by atoms with van der Waals surface area (Å²) in [4.78, 5) is 40.2. The number of rotatable bonds is 14. The Morgan fingerprint density at radius 3 is 2.35 bits per heavy atom. The van der Waals surface area contributed by atoms with Crippen LogP contribution in [0.1, 0.15) is 42.9 Å². The molecule has 0 spiro atoms. The van der Waals surface area contributed by atoms with Crippen LogP contribution in [0.5, 0.6) is 5.75 Å². The van der Waals surface area contributed by atoms with Gasteiger partial charge in [0.2, 0.25) is 17.8 Å². The molecule has 4 N–H and O–H groups in total. The number of halogens is 1. The summed E-state index contributed by atoms with van der Waals surface area (Å²) < 4.78 is 6.13. The quantitative estimate of drug-likeness (QED) is 0.116. The zero-order valence-electron chi connectivity index (χ0n) is 25.9. The van der Waals surface area contributed by atoms with Crippen molar-refractivity contribution in [1.29, 1.82) is 0 Å². The Morgan fingerprint density at radius 2 is 1.65 bits per heavy atom. The molecule has 0 saturated heterocycles. The van der Waals surface area contributed by atoms with Crippen LogP contribution in [0.2, 0.25) is 5.02 Å². The number of carboxylic acids is 1. The molecule has 1 amide bonds. The molecule has 1 aliphatic rings. The van der Waals surface area contributed by atoms with Gasteiger partial charge in [-0.25, -0.2) is 0 Å². The number of amides is 1. The van der Waals surface area contributed by atoms with E-state index < -0.39 is 12.1 Å². The molecule has 3 aromatic carbocycles. The zero-order chi connectivity index (χ0) is 32.5. The van der Waals surface area contributed by atoms with Gasteiger partial charge in [0.05, 0.1) is 12.2 Å². The van der Waals surface area contributed by atoms with Gasteiger partial charge in [-0.05, 0) is 73.6 Å². The van der Waals surface area contributed by atoms with Crippen LogP contribution in [0.3, 0.4) is 0 Å². The molecule has 11 nitrogen and oxygen atoms in total. The van der Waals surface area contributed by atoms with E-state index in [0.29, 0.717) is 59.5 Å². The highest BCUT2D eigenvalue weighted by Crippen LogP contribution is 2.37. The van der Waals surface area contributed by atoms with E-state index in [1.54, 1.807) is 18.2 Å². The number of carbonyl (C=O) groups is 2. The molecule has 5 rings (SSSR count). The van der Waals surface area contributed by atoms with Gasteiger partial charge < -0.3 is 30.7 Å². The third kappa shape index (κ3) is 8.63. The number of aryl methyl sites for hydroxylation is 3. The number of hydrogen-bond donors (Lipinski definition) is 4. The molecular formula is C34H38ClN7O4. The maximum absolute atomic E-state index is 13.4. The first-order valence-electron chi connectivity index (χ1n) is 15.4. The number of nitrogens with one attached hydrogen (secondary N) is 3. The smallest absolute Gasteiger partial charge is 0.303 e. The van der Waals surface area contributed by atoms with Crippen LogP contribution in [0, 0.1) is 6.92 Å². The number of benzene rings is 3. The highest BCUT2D eigenvalue weighted by molar-refractivity contribution is 6.31. The molecule has 1 aromatic heterocycles. The Labute approximate surface area is 273 Å². The second kappa shape index (κ2) is 15.4. The van der Waals surface area contributed by atoms with Crippen molar-refractivity contribution >= 4 is 52.7 Å². The Morgan fingerprint density at radius 1 is 0.957 bits per heavy atom. The monoisotopic (exact) mass is 643 g/mol. The summed E-state index contributed by atoms with van der Waals surface area (Å²) in [7, 11) is 0. The summed E-state index contributed by atoms with van der Waals surface area (Å²) in [6, 6.07) is 21.4. The highest BCUT2D eigenvalue weighted by atomic mass is 35.5. The first-order chi connectivity index (χ1) is 22.3. The van der Waals surface area contributed by atoms with Crippen LogP contribution in [-0.4, -0.2) is 57.7 Å². The summed E-state index contributed by atoms with van der Waals surface area (Å²) in [6.45, 7) is 5.17. The molecular weight excluding hydrogens is 606 g/mol. The van der Waals surface area contributed by atoms with E-state index in [-0.39, 0.29) is 18.9 Å². The molecule has 240 valence electrons. The van der Waals surface area contributed by atoms with E-state index in [2.05, 4.69) is 57.1 Å². The van der Waals surface area contributed by atoms with Gasteiger partial charge in [0.1, 0.15) is 5.75 Å². The molecule has 46 heavy (non-hydrogen) atoms. The van der Waals surface area contributed by atoms with Gasteiger partial charge in [0.25, 0.3) is 5.91 Å². The topological polar surface area (TPSA) is 142 Å². The van der Waals surface area contributed by atoms with Crippen LogP contribution in [0.25, 0.3) is 0 Å². The minimum atomic E-state index is -0.880. The lowest BCUT2D eigenvalue weighted by Gasteiger charge is -2.34. The van der Waals surface area contributed by atoms with E-state index in [9.17, 15) is 9.59 Å². The van der Waals surface area contributed by atoms with Gasteiger partial charge in [-0.2, -0.15) is 15.0 Å². The van der Waals surface area contributed by atoms with Crippen molar-refractivity contribution in [2.45, 2.75) is 52.1 Å². The molecule has 1 unspecified atom stereocenters. The molecule has 4 aromatic rings. The van der Waals surface area contributed by atoms with Crippen molar-refractivity contribution in [1.82, 2.24) is 15.0 Å². The van der Waals surface area contributed by atoms with Crippen molar-refractivity contribution in [3.63, 3.8) is 0 Å². The van der Waals surface area contributed by atoms with Gasteiger partial charge in [-0.3, -0.25) is 9.59 Å². The second-order valence-corrected chi connectivity index (χ2v) is 11.5. The Hall–Kier alpha value is -4.90. The molecule has 1 atom stereocenters. The van der Waals surface area contributed by atoms with Gasteiger partial charge in [0, 0.05) is 30.2 Å². The first-order valence-corrected chi connectivity index (χ1v) is 15.8. The normalized spacial score (nSPS) is 13.8. The number of carboxylic acid groups (broad SMARTS) is 1. The number of carbonyl (C=O) groups excluding carboxylic acids is 1. The predicted molar refractivity (Wildman–Crippen MR) is 180 cm³/mol. The molecule has 2 heterocycles. The van der Waals surface area contributed by atoms with Crippen LogP contribution < -0.4 is 25.6 Å². The summed E-state index contributed by atoms with van der Waals surface area (Å²) >= 11 is 6.28. The maximum atomic E-state index is 13.4. The predicted octanol–water partition coefficient (Wildman–Crippen LogP) is 6.26. The van der Waals surface area contributed by atoms with Crippen LogP contribution in [0.15, 0.2) is 66.7 Å². The maximum Gasteiger partial charge on any atom is 0.303 e. The average molecular weight is 644 g/mol.